The lowest BCUT2D eigenvalue weighted by molar-refractivity contribution is 0.301. The predicted octanol–water partition coefficient (Wildman–Crippen LogP) is 13.0. The maximum absolute atomic E-state index is 6.89. The standard InChI is InChI=1S/C43H54O3/c1-5-8-11-20-29-44-41-32(4)39(43(46-31-22-13-10-7-3)38-28-19-18-27-37(38)41)40-33-23-14-16-25-35(33)42(45-30-21-12-9-6-2)36-26-17-15-24-34(36)40/h14-19,23-28H,5-13,20-22,29-31H2,1-4H3. The van der Waals surface area contributed by atoms with Crippen LogP contribution in [0.3, 0.4) is 0 Å². The second-order valence-corrected chi connectivity index (χ2v) is 12.7. The van der Waals surface area contributed by atoms with Gasteiger partial charge >= 0.3 is 0 Å². The van der Waals surface area contributed by atoms with Crippen molar-refractivity contribution in [1.29, 1.82) is 0 Å². The van der Waals surface area contributed by atoms with Crippen molar-refractivity contribution in [1.82, 2.24) is 0 Å². The Bertz CT molecular complexity index is 1650. The van der Waals surface area contributed by atoms with Gasteiger partial charge in [0.15, 0.2) is 0 Å². The molecule has 0 bridgehead atoms. The molecule has 0 saturated carbocycles. The highest BCUT2D eigenvalue weighted by Crippen LogP contribution is 2.51. The van der Waals surface area contributed by atoms with Gasteiger partial charge in [-0.3, -0.25) is 0 Å². The molecular weight excluding hydrogens is 564 g/mol. The van der Waals surface area contributed by atoms with Crippen molar-refractivity contribution in [2.75, 3.05) is 19.8 Å². The number of hydrogen-bond acceptors (Lipinski definition) is 3. The molecular formula is C43H54O3. The lowest BCUT2D eigenvalue weighted by Gasteiger charge is -2.24. The summed E-state index contributed by atoms with van der Waals surface area (Å²) in [6.45, 7) is 11.1. The van der Waals surface area contributed by atoms with Crippen molar-refractivity contribution in [3.05, 3.63) is 78.4 Å². The molecule has 0 aromatic heterocycles. The second kappa shape index (κ2) is 17.3. The zero-order valence-corrected chi connectivity index (χ0v) is 28.8. The Kier molecular flexibility index (Phi) is 12.6. The molecule has 0 amide bonds. The lowest BCUT2D eigenvalue weighted by atomic mass is 9.86. The minimum atomic E-state index is 0.697. The molecule has 5 aromatic rings. The van der Waals surface area contributed by atoms with Gasteiger partial charge in [-0.05, 0) is 37.0 Å². The van der Waals surface area contributed by atoms with E-state index in [1.165, 1.54) is 74.1 Å². The monoisotopic (exact) mass is 618 g/mol. The molecule has 0 unspecified atom stereocenters. The predicted molar refractivity (Wildman–Crippen MR) is 198 cm³/mol. The van der Waals surface area contributed by atoms with E-state index < -0.39 is 0 Å². The van der Waals surface area contributed by atoms with Gasteiger partial charge in [0.25, 0.3) is 0 Å². The first-order valence-corrected chi connectivity index (χ1v) is 18.1. The summed E-state index contributed by atoms with van der Waals surface area (Å²) in [6, 6.07) is 26.2. The van der Waals surface area contributed by atoms with E-state index in [4.69, 9.17) is 14.2 Å². The molecule has 3 nitrogen and oxygen atoms in total. The van der Waals surface area contributed by atoms with Gasteiger partial charge < -0.3 is 14.2 Å². The van der Waals surface area contributed by atoms with Crippen LogP contribution < -0.4 is 14.2 Å². The van der Waals surface area contributed by atoms with E-state index in [2.05, 4.69) is 100 Å². The van der Waals surface area contributed by atoms with Crippen molar-refractivity contribution in [2.45, 2.75) is 105 Å². The molecule has 5 rings (SSSR count). The molecule has 0 radical (unpaired) electrons. The molecule has 0 spiro atoms. The third-order valence-corrected chi connectivity index (χ3v) is 9.22. The largest absolute Gasteiger partial charge is 0.493 e. The Morgan fingerprint density at radius 3 is 1.15 bits per heavy atom. The second-order valence-electron chi connectivity index (χ2n) is 12.7. The van der Waals surface area contributed by atoms with E-state index in [0.29, 0.717) is 13.2 Å². The number of fused-ring (bicyclic) bond motifs is 3. The molecule has 0 aliphatic carbocycles. The van der Waals surface area contributed by atoms with Crippen LogP contribution >= 0.6 is 0 Å². The van der Waals surface area contributed by atoms with Gasteiger partial charge in [-0.2, -0.15) is 0 Å². The van der Waals surface area contributed by atoms with Crippen molar-refractivity contribution < 1.29 is 14.2 Å². The van der Waals surface area contributed by atoms with Crippen LogP contribution in [0.15, 0.2) is 72.8 Å². The summed E-state index contributed by atoms with van der Waals surface area (Å²) in [7, 11) is 0. The van der Waals surface area contributed by atoms with Crippen molar-refractivity contribution in [2.24, 2.45) is 0 Å². The Morgan fingerprint density at radius 2 is 0.717 bits per heavy atom. The zero-order valence-electron chi connectivity index (χ0n) is 28.8. The summed E-state index contributed by atoms with van der Waals surface area (Å²) < 4.78 is 20.3. The minimum Gasteiger partial charge on any atom is -0.493 e. The molecule has 3 heteroatoms. The van der Waals surface area contributed by atoms with E-state index in [9.17, 15) is 0 Å². The van der Waals surface area contributed by atoms with Gasteiger partial charge in [-0.25, -0.2) is 0 Å². The number of benzene rings is 5. The lowest BCUT2D eigenvalue weighted by Crippen LogP contribution is -2.06. The van der Waals surface area contributed by atoms with Crippen LogP contribution in [0.2, 0.25) is 0 Å². The Balaban J connectivity index is 1.73. The summed E-state index contributed by atoms with van der Waals surface area (Å²) >= 11 is 0. The quantitative estimate of drug-likeness (QED) is 0.0680. The van der Waals surface area contributed by atoms with E-state index in [1.807, 2.05) is 0 Å². The molecule has 0 aliphatic heterocycles. The van der Waals surface area contributed by atoms with Gasteiger partial charge in [-0.1, -0.05) is 151 Å². The first kappa shape index (κ1) is 33.6. The normalized spacial score (nSPS) is 11.5. The highest BCUT2D eigenvalue weighted by atomic mass is 16.5. The van der Waals surface area contributed by atoms with E-state index in [0.717, 1.165) is 75.8 Å². The fourth-order valence-electron chi connectivity index (χ4n) is 6.76. The van der Waals surface area contributed by atoms with Gasteiger partial charge in [0.05, 0.1) is 19.8 Å². The van der Waals surface area contributed by atoms with Crippen molar-refractivity contribution >= 4 is 32.3 Å². The minimum absolute atomic E-state index is 0.697. The first-order chi connectivity index (χ1) is 22.7. The fraction of sp³-hybridized carbons (Fsp3) is 0.442. The summed E-state index contributed by atoms with van der Waals surface area (Å²) in [5.74, 6) is 2.93. The zero-order chi connectivity index (χ0) is 32.1. The number of ether oxygens (including phenoxy) is 3. The third kappa shape index (κ3) is 7.63. The van der Waals surface area contributed by atoms with Crippen LogP contribution in [0.25, 0.3) is 43.4 Å². The molecule has 0 N–H and O–H groups in total. The van der Waals surface area contributed by atoms with Gasteiger partial charge in [-0.15, -0.1) is 0 Å². The summed E-state index contributed by atoms with van der Waals surface area (Å²) in [6.07, 6.45) is 14.1. The highest BCUT2D eigenvalue weighted by molar-refractivity contribution is 6.19. The van der Waals surface area contributed by atoms with Crippen LogP contribution in [-0.4, -0.2) is 19.8 Å². The number of unbranched alkanes of at least 4 members (excludes halogenated alkanes) is 9. The van der Waals surface area contributed by atoms with Gasteiger partial charge in [0, 0.05) is 38.2 Å². The van der Waals surface area contributed by atoms with Crippen LogP contribution in [-0.2, 0) is 0 Å². The van der Waals surface area contributed by atoms with E-state index in [1.54, 1.807) is 0 Å². The Morgan fingerprint density at radius 1 is 0.370 bits per heavy atom. The van der Waals surface area contributed by atoms with Crippen LogP contribution in [0.5, 0.6) is 17.2 Å². The molecule has 0 atom stereocenters. The number of hydrogen-bond donors (Lipinski definition) is 0. The average molecular weight is 619 g/mol. The maximum Gasteiger partial charge on any atom is 0.135 e. The Hall–Kier alpha value is -3.72. The number of rotatable bonds is 19. The van der Waals surface area contributed by atoms with Crippen LogP contribution in [0.1, 0.15) is 103 Å². The Labute approximate surface area is 277 Å². The smallest absolute Gasteiger partial charge is 0.135 e. The van der Waals surface area contributed by atoms with Gasteiger partial charge in [0.2, 0.25) is 0 Å². The van der Waals surface area contributed by atoms with Crippen LogP contribution in [0.4, 0.5) is 0 Å². The molecule has 0 heterocycles. The molecule has 244 valence electrons. The van der Waals surface area contributed by atoms with E-state index in [-0.39, 0.29) is 0 Å². The molecule has 0 aliphatic rings. The topological polar surface area (TPSA) is 27.7 Å². The summed E-state index contributed by atoms with van der Waals surface area (Å²) in [5.41, 5.74) is 3.48. The maximum atomic E-state index is 6.89. The molecule has 5 aromatic carbocycles. The SMILES string of the molecule is CCCCCCOc1c(C)c(-c2c3ccccc3c(OCCCCCC)c3ccccc23)c(OCCCCCC)c2ccccc12. The van der Waals surface area contributed by atoms with E-state index >= 15 is 0 Å². The van der Waals surface area contributed by atoms with Crippen molar-refractivity contribution in [3.63, 3.8) is 0 Å². The third-order valence-electron chi connectivity index (χ3n) is 9.22. The van der Waals surface area contributed by atoms with Crippen LogP contribution in [0, 0.1) is 6.92 Å². The molecule has 0 fully saturated rings. The highest BCUT2D eigenvalue weighted by Gasteiger charge is 2.25. The summed E-state index contributed by atoms with van der Waals surface area (Å²) in [5, 5.41) is 6.92. The average Bonchev–Trinajstić information content (AvgIpc) is 3.09. The van der Waals surface area contributed by atoms with Crippen molar-refractivity contribution in [3.8, 4) is 28.4 Å². The molecule has 46 heavy (non-hydrogen) atoms. The molecule has 0 saturated heterocycles. The summed E-state index contributed by atoms with van der Waals surface area (Å²) in [4.78, 5) is 0. The fourth-order valence-corrected chi connectivity index (χ4v) is 6.76. The first-order valence-electron chi connectivity index (χ1n) is 18.1. The van der Waals surface area contributed by atoms with Gasteiger partial charge in [0.1, 0.15) is 17.2 Å².